The number of nitrogens with one attached hydrogen (secondary N) is 1. The van der Waals surface area contributed by atoms with Gasteiger partial charge >= 0.3 is 0 Å². The van der Waals surface area contributed by atoms with Crippen molar-refractivity contribution in [3.63, 3.8) is 0 Å². The average Bonchev–Trinajstić information content (AvgIpc) is 2.81. The molecule has 4 nitrogen and oxygen atoms in total. The zero-order valence-corrected chi connectivity index (χ0v) is 12.5. The molecular formula is C16H22N4. The lowest BCUT2D eigenvalue weighted by Gasteiger charge is -2.15. The number of nitriles is 1. The maximum atomic E-state index is 9.12. The first-order valence-electron chi connectivity index (χ1n) is 7.12. The normalized spacial score (nSPS) is 11.7. The fraction of sp³-hybridized carbons (Fsp3) is 0.500. The van der Waals surface area contributed by atoms with Gasteiger partial charge < -0.3 is 9.88 Å². The third-order valence-corrected chi connectivity index (χ3v) is 3.56. The van der Waals surface area contributed by atoms with E-state index in [0.717, 1.165) is 31.7 Å². The highest BCUT2D eigenvalue weighted by Crippen LogP contribution is 2.24. The molecule has 2 aromatic rings. The van der Waals surface area contributed by atoms with Crippen LogP contribution in [-0.4, -0.2) is 16.1 Å². The van der Waals surface area contributed by atoms with Crippen molar-refractivity contribution in [1.82, 2.24) is 14.9 Å². The minimum atomic E-state index is -0.298. The van der Waals surface area contributed by atoms with Crippen molar-refractivity contribution in [2.24, 2.45) is 5.41 Å². The third kappa shape index (κ3) is 3.17. The lowest BCUT2D eigenvalue weighted by molar-refractivity contribution is 0.416. The van der Waals surface area contributed by atoms with Crippen LogP contribution in [0, 0.1) is 16.7 Å². The average molecular weight is 270 g/mol. The largest absolute Gasteiger partial charge is 0.332 e. The first kappa shape index (κ1) is 14.5. The Morgan fingerprint density at radius 2 is 2.25 bits per heavy atom. The summed E-state index contributed by atoms with van der Waals surface area (Å²) in [5.41, 5.74) is 1.98. The maximum Gasteiger partial charge on any atom is 0.140 e. The number of hydrogen-bond donors (Lipinski definition) is 1. The van der Waals surface area contributed by atoms with Crippen molar-refractivity contribution < 1.29 is 0 Å². The second-order valence-electron chi connectivity index (χ2n) is 5.75. The van der Waals surface area contributed by atoms with Crippen LogP contribution in [0.15, 0.2) is 24.5 Å². The number of aromatic nitrogens is 2. The van der Waals surface area contributed by atoms with Crippen molar-refractivity contribution >= 4 is 11.0 Å². The van der Waals surface area contributed by atoms with Crippen LogP contribution in [0.1, 0.15) is 32.8 Å². The zero-order chi connectivity index (χ0) is 14.6. The molecule has 4 heteroatoms. The van der Waals surface area contributed by atoms with Crippen molar-refractivity contribution in [3.8, 4) is 6.07 Å². The molecule has 2 rings (SSSR count). The molecule has 0 fully saturated rings. The highest BCUT2D eigenvalue weighted by Gasteiger charge is 2.17. The van der Waals surface area contributed by atoms with E-state index in [9.17, 15) is 0 Å². The molecule has 0 aliphatic rings. The van der Waals surface area contributed by atoms with E-state index in [4.69, 9.17) is 5.26 Å². The van der Waals surface area contributed by atoms with Gasteiger partial charge in [-0.05, 0) is 44.5 Å². The molecule has 0 bridgehead atoms. The number of aryl methyl sites for hydroxylation is 1. The Balaban J connectivity index is 2.27. The van der Waals surface area contributed by atoms with E-state index in [0.29, 0.717) is 0 Å². The molecule has 0 unspecified atom stereocenters. The summed E-state index contributed by atoms with van der Waals surface area (Å²) in [6, 6.07) is 6.44. The summed E-state index contributed by atoms with van der Waals surface area (Å²) in [5, 5.41) is 13.7. The predicted octanol–water partition coefficient (Wildman–Crippen LogP) is 3.09. The minimum absolute atomic E-state index is 0.298. The summed E-state index contributed by atoms with van der Waals surface area (Å²) >= 11 is 0. The maximum absolute atomic E-state index is 9.12. The van der Waals surface area contributed by atoms with E-state index >= 15 is 0 Å². The Morgan fingerprint density at radius 1 is 1.45 bits per heavy atom. The Labute approximate surface area is 120 Å². The summed E-state index contributed by atoms with van der Waals surface area (Å²) < 4.78 is 2.17. The fourth-order valence-electron chi connectivity index (χ4n) is 2.22. The Kier molecular flexibility index (Phi) is 4.41. The SMILES string of the molecule is CCNCc1cn(CCC(C)(C)C#N)c2ncccc12. The standard InChI is InChI=1S/C16H22N4/c1-4-18-10-13-11-20(9-7-16(2,3)12-17)15-14(13)6-5-8-19-15/h5-6,8,11,18H,4,7,9-10H2,1-3H3. The van der Waals surface area contributed by atoms with E-state index in [2.05, 4.69) is 40.1 Å². The fourth-order valence-corrected chi connectivity index (χ4v) is 2.22. The molecule has 0 aliphatic carbocycles. The monoisotopic (exact) mass is 270 g/mol. The Bertz CT molecular complexity index is 619. The summed E-state index contributed by atoms with van der Waals surface area (Å²) in [5.74, 6) is 0. The van der Waals surface area contributed by atoms with Crippen LogP contribution in [0.25, 0.3) is 11.0 Å². The second-order valence-corrected chi connectivity index (χ2v) is 5.75. The van der Waals surface area contributed by atoms with Crippen LogP contribution in [0.2, 0.25) is 0 Å². The molecule has 2 aromatic heterocycles. The van der Waals surface area contributed by atoms with E-state index in [1.165, 1.54) is 10.9 Å². The van der Waals surface area contributed by atoms with E-state index in [-0.39, 0.29) is 5.41 Å². The van der Waals surface area contributed by atoms with Gasteiger partial charge in [0.15, 0.2) is 0 Å². The topological polar surface area (TPSA) is 53.6 Å². The van der Waals surface area contributed by atoms with Crippen molar-refractivity contribution in [3.05, 3.63) is 30.1 Å². The van der Waals surface area contributed by atoms with Crippen molar-refractivity contribution in [1.29, 1.82) is 5.26 Å². The summed E-state index contributed by atoms with van der Waals surface area (Å²) in [6.07, 6.45) is 4.81. The number of pyridine rings is 1. The second kappa shape index (κ2) is 6.06. The molecule has 0 amide bonds. The number of rotatable bonds is 6. The molecule has 2 heterocycles. The molecular weight excluding hydrogens is 248 g/mol. The smallest absolute Gasteiger partial charge is 0.140 e. The number of hydrogen-bond acceptors (Lipinski definition) is 3. The predicted molar refractivity (Wildman–Crippen MR) is 81.1 cm³/mol. The number of nitrogens with zero attached hydrogens (tertiary/aromatic N) is 3. The lowest BCUT2D eigenvalue weighted by Crippen LogP contribution is -2.12. The molecule has 0 spiro atoms. The molecule has 0 atom stereocenters. The van der Waals surface area contributed by atoms with Crippen LogP contribution in [0.5, 0.6) is 0 Å². The van der Waals surface area contributed by atoms with Gasteiger partial charge in [0.1, 0.15) is 5.65 Å². The molecule has 106 valence electrons. The van der Waals surface area contributed by atoms with Crippen LogP contribution in [-0.2, 0) is 13.1 Å². The highest BCUT2D eigenvalue weighted by molar-refractivity contribution is 5.80. The Hall–Kier alpha value is -1.86. The summed E-state index contributed by atoms with van der Waals surface area (Å²) in [4.78, 5) is 4.49. The summed E-state index contributed by atoms with van der Waals surface area (Å²) in [6.45, 7) is 8.69. The highest BCUT2D eigenvalue weighted by atomic mass is 15.0. The van der Waals surface area contributed by atoms with Crippen molar-refractivity contribution in [2.75, 3.05) is 6.54 Å². The van der Waals surface area contributed by atoms with E-state index < -0.39 is 0 Å². The minimum Gasteiger partial charge on any atom is -0.332 e. The third-order valence-electron chi connectivity index (χ3n) is 3.56. The van der Waals surface area contributed by atoms with Crippen LogP contribution in [0.3, 0.4) is 0 Å². The molecule has 1 N–H and O–H groups in total. The molecule has 0 aliphatic heterocycles. The van der Waals surface area contributed by atoms with Gasteiger partial charge in [0.25, 0.3) is 0 Å². The first-order chi connectivity index (χ1) is 9.57. The van der Waals surface area contributed by atoms with Gasteiger partial charge in [0.05, 0.1) is 11.5 Å². The first-order valence-corrected chi connectivity index (χ1v) is 7.12. The molecule has 0 radical (unpaired) electrons. The van der Waals surface area contributed by atoms with Gasteiger partial charge in [0, 0.05) is 30.9 Å². The van der Waals surface area contributed by atoms with Crippen LogP contribution < -0.4 is 5.32 Å². The number of fused-ring (bicyclic) bond motifs is 1. The van der Waals surface area contributed by atoms with Gasteiger partial charge in [-0.25, -0.2) is 4.98 Å². The van der Waals surface area contributed by atoms with Crippen LogP contribution >= 0.6 is 0 Å². The molecule has 0 aromatic carbocycles. The van der Waals surface area contributed by atoms with Gasteiger partial charge in [0.2, 0.25) is 0 Å². The Morgan fingerprint density at radius 3 is 2.95 bits per heavy atom. The van der Waals surface area contributed by atoms with Crippen molar-refractivity contribution in [2.45, 2.75) is 40.3 Å². The van der Waals surface area contributed by atoms with Gasteiger partial charge in [-0.1, -0.05) is 6.92 Å². The molecule has 20 heavy (non-hydrogen) atoms. The summed E-state index contributed by atoms with van der Waals surface area (Å²) in [7, 11) is 0. The van der Waals surface area contributed by atoms with Crippen LogP contribution in [0.4, 0.5) is 0 Å². The molecule has 0 saturated carbocycles. The quantitative estimate of drug-likeness (QED) is 0.877. The lowest BCUT2D eigenvalue weighted by atomic mass is 9.91. The zero-order valence-electron chi connectivity index (χ0n) is 12.5. The van der Waals surface area contributed by atoms with E-state index in [1.54, 1.807) is 0 Å². The van der Waals surface area contributed by atoms with Gasteiger partial charge in [-0.2, -0.15) is 5.26 Å². The van der Waals surface area contributed by atoms with Gasteiger partial charge in [-0.15, -0.1) is 0 Å². The van der Waals surface area contributed by atoms with E-state index in [1.807, 2.05) is 26.1 Å². The molecule has 0 saturated heterocycles. The van der Waals surface area contributed by atoms with Gasteiger partial charge in [-0.3, -0.25) is 0 Å².